The van der Waals surface area contributed by atoms with E-state index in [1.54, 1.807) is 6.07 Å². The SMILES string of the molecule is CNC(Cc1cccc(F)c1Cl)c1ccccc1Br. The second-order valence-electron chi connectivity index (χ2n) is 4.28. The summed E-state index contributed by atoms with van der Waals surface area (Å²) in [5.74, 6) is -0.374. The summed E-state index contributed by atoms with van der Waals surface area (Å²) in [5.41, 5.74) is 1.93. The molecule has 1 nitrogen and oxygen atoms in total. The van der Waals surface area contributed by atoms with Crippen LogP contribution in [0.5, 0.6) is 0 Å². The Bertz CT molecular complexity index is 574. The first-order valence-electron chi connectivity index (χ1n) is 5.98. The van der Waals surface area contributed by atoms with Gasteiger partial charge in [-0.15, -0.1) is 0 Å². The van der Waals surface area contributed by atoms with Crippen LogP contribution in [0, 0.1) is 5.82 Å². The predicted octanol–water partition coefficient (Wildman–Crippen LogP) is 4.74. The number of benzene rings is 2. The minimum Gasteiger partial charge on any atom is -0.313 e. The number of likely N-dealkylation sites (N-methyl/N-ethyl adjacent to an activating group) is 1. The quantitative estimate of drug-likeness (QED) is 0.846. The molecule has 4 heteroatoms. The fraction of sp³-hybridized carbons (Fsp3) is 0.200. The lowest BCUT2D eigenvalue weighted by molar-refractivity contribution is 0.582. The number of rotatable bonds is 4. The summed E-state index contributed by atoms with van der Waals surface area (Å²) in [6, 6.07) is 13.0. The van der Waals surface area contributed by atoms with Crippen LogP contribution < -0.4 is 5.32 Å². The summed E-state index contributed by atoms with van der Waals surface area (Å²) >= 11 is 9.54. The van der Waals surface area contributed by atoms with E-state index in [4.69, 9.17) is 11.6 Å². The van der Waals surface area contributed by atoms with Gasteiger partial charge in [0.1, 0.15) is 5.82 Å². The summed E-state index contributed by atoms with van der Waals surface area (Å²) in [4.78, 5) is 0. The van der Waals surface area contributed by atoms with Crippen LogP contribution in [0.25, 0.3) is 0 Å². The molecule has 1 unspecified atom stereocenters. The molecule has 0 aliphatic rings. The average Bonchev–Trinajstić information content (AvgIpc) is 2.41. The van der Waals surface area contributed by atoms with Gasteiger partial charge in [-0.05, 0) is 36.7 Å². The van der Waals surface area contributed by atoms with Crippen molar-refractivity contribution in [1.82, 2.24) is 5.32 Å². The molecule has 2 rings (SSSR count). The van der Waals surface area contributed by atoms with E-state index in [9.17, 15) is 4.39 Å². The minimum absolute atomic E-state index is 0.0786. The summed E-state index contributed by atoms with van der Waals surface area (Å²) in [6.45, 7) is 0. The van der Waals surface area contributed by atoms with Crippen molar-refractivity contribution in [3.63, 3.8) is 0 Å². The molecule has 0 aliphatic carbocycles. The number of nitrogens with one attached hydrogen (secondary N) is 1. The Balaban J connectivity index is 2.30. The van der Waals surface area contributed by atoms with Crippen LogP contribution in [0.15, 0.2) is 46.9 Å². The van der Waals surface area contributed by atoms with Gasteiger partial charge in [-0.1, -0.05) is 57.9 Å². The Labute approximate surface area is 125 Å². The molecule has 100 valence electrons. The third kappa shape index (κ3) is 3.35. The van der Waals surface area contributed by atoms with Crippen molar-refractivity contribution < 1.29 is 4.39 Å². The van der Waals surface area contributed by atoms with Crippen LogP contribution in [0.2, 0.25) is 5.02 Å². The van der Waals surface area contributed by atoms with Crippen molar-refractivity contribution in [1.29, 1.82) is 0 Å². The van der Waals surface area contributed by atoms with Gasteiger partial charge in [0.2, 0.25) is 0 Å². The molecule has 1 atom stereocenters. The van der Waals surface area contributed by atoms with E-state index >= 15 is 0 Å². The standard InChI is InChI=1S/C15H14BrClFN/c1-19-14(11-6-2-3-7-12(11)16)9-10-5-4-8-13(18)15(10)17/h2-8,14,19H,9H2,1H3. The van der Waals surface area contributed by atoms with Crippen LogP contribution in [0.3, 0.4) is 0 Å². The Hall–Kier alpha value is -0.900. The maximum atomic E-state index is 13.5. The monoisotopic (exact) mass is 341 g/mol. The third-order valence-electron chi connectivity index (χ3n) is 3.08. The van der Waals surface area contributed by atoms with Crippen molar-refractivity contribution in [2.45, 2.75) is 12.5 Å². The first kappa shape index (κ1) is 14.5. The highest BCUT2D eigenvalue weighted by atomic mass is 79.9. The van der Waals surface area contributed by atoms with Crippen molar-refractivity contribution in [2.24, 2.45) is 0 Å². The zero-order chi connectivity index (χ0) is 13.8. The number of hydrogen-bond donors (Lipinski definition) is 1. The molecule has 0 spiro atoms. The van der Waals surface area contributed by atoms with Crippen molar-refractivity contribution >= 4 is 27.5 Å². The van der Waals surface area contributed by atoms with E-state index in [1.807, 2.05) is 37.4 Å². The van der Waals surface area contributed by atoms with Crippen molar-refractivity contribution in [2.75, 3.05) is 7.05 Å². The topological polar surface area (TPSA) is 12.0 Å². The number of hydrogen-bond acceptors (Lipinski definition) is 1. The molecular formula is C15H14BrClFN. The molecule has 0 heterocycles. The molecular weight excluding hydrogens is 329 g/mol. The van der Waals surface area contributed by atoms with E-state index in [0.29, 0.717) is 6.42 Å². The average molecular weight is 343 g/mol. The molecule has 2 aromatic carbocycles. The zero-order valence-electron chi connectivity index (χ0n) is 10.5. The van der Waals surface area contributed by atoms with Gasteiger partial charge in [0.15, 0.2) is 0 Å². The second kappa shape index (κ2) is 6.51. The second-order valence-corrected chi connectivity index (χ2v) is 5.51. The number of halogens is 3. The third-order valence-corrected chi connectivity index (χ3v) is 4.23. The largest absolute Gasteiger partial charge is 0.313 e. The first-order valence-corrected chi connectivity index (χ1v) is 7.15. The van der Waals surface area contributed by atoms with Crippen molar-refractivity contribution in [3.8, 4) is 0 Å². The fourth-order valence-corrected chi connectivity index (χ4v) is 2.82. The predicted molar refractivity (Wildman–Crippen MR) is 81.1 cm³/mol. The lowest BCUT2D eigenvalue weighted by atomic mass is 9.99. The molecule has 0 amide bonds. The van der Waals surface area contributed by atoms with Crippen LogP contribution in [-0.4, -0.2) is 7.05 Å². The maximum absolute atomic E-state index is 13.5. The van der Waals surface area contributed by atoms with Crippen LogP contribution in [-0.2, 0) is 6.42 Å². The summed E-state index contributed by atoms with van der Waals surface area (Å²) in [6.07, 6.45) is 0.635. The first-order chi connectivity index (χ1) is 9.13. The summed E-state index contributed by atoms with van der Waals surface area (Å²) in [7, 11) is 1.89. The molecule has 0 aromatic heterocycles. The minimum atomic E-state index is -0.374. The van der Waals surface area contributed by atoms with Crippen LogP contribution in [0.4, 0.5) is 4.39 Å². The Morgan fingerprint density at radius 2 is 1.95 bits per heavy atom. The summed E-state index contributed by atoms with van der Waals surface area (Å²) < 4.78 is 14.5. The van der Waals surface area contributed by atoms with E-state index in [-0.39, 0.29) is 16.9 Å². The lowest BCUT2D eigenvalue weighted by Crippen LogP contribution is -2.19. The van der Waals surface area contributed by atoms with Gasteiger partial charge in [0.25, 0.3) is 0 Å². The molecule has 0 saturated heterocycles. The molecule has 0 radical (unpaired) electrons. The highest BCUT2D eigenvalue weighted by Crippen LogP contribution is 2.29. The van der Waals surface area contributed by atoms with Gasteiger partial charge >= 0.3 is 0 Å². The van der Waals surface area contributed by atoms with Crippen LogP contribution in [0.1, 0.15) is 17.2 Å². The Morgan fingerprint density at radius 1 is 1.21 bits per heavy atom. The van der Waals surface area contributed by atoms with Crippen LogP contribution >= 0.6 is 27.5 Å². The van der Waals surface area contributed by atoms with E-state index in [2.05, 4.69) is 21.2 Å². The van der Waals surface area contributed by atoms with Gasteiger partial charge < -0.3 is 5.32 Å². The molecule has 0 aliphatic heterocycles. The van der Waals surface area contributed by atoms with Gasteiger partial charge in [-0.3, -0.25) is 0 Å². The molecule has 1 N–H and O–H groups in total. The molecule has 0 bridgehead atoms. The molecule has 2 aromatic rings. The Morgan fingerprint density at radius 3 is 2.63 bits per heavy atom. The van der Waals surface area contributed by atoms with Gasteiger partial charge in [-0.2, -0.15) is 0 Å². The highest BCUT2D eigenvalue weighted by Gasteiger charge is 2.15. The van der Waals surface area contributed by atoms with Gasteiger partial charge in [0, 0.05) is 10.5 Å². The smallest absolute Gasteiger partial charge is 0.142 e. The molecule has 0 saturated carbocycles. The van der Waals surface area contributed by atoms with Gasteiger partial charge in [0.05, 0.1) is 5.02 Å². The van der Waals surface area contributed by atoms with Crippen molar-refractivity contribution in [3.05, 3.63) is 68.9 Å². The van der Waals surface area contributed by atoms with Gasteiger partial charge in [-0.25, -0.2) is 4.39 Å². The highest BCUT2D eigenvalue weighted by molar-refractivity contribution is 9.10. The van der Waals surface area contributed by atoms with E-state index in [0.717, 1.165) is 15.6 Å². The molecule has 19 heavy (non-hydrogen) atoms. The van der Waals surface area contributed by atoms with E-state index < -0.39 is 0 Å². The summed E-state index contributed by atoms with van der Waals surface area (Å²) in [5, 5.41) is 3.45. The fourth-order valence-electron chi connectivity index (χ4n) is 2.05. The zero-order valence-corrected chi connectivity index (χ0v) is 12.8. The molecule has 0 fully saturated rings. The lowest BCUT2D eigenvalue weighted by Gasteiger charge is -2.19. The normalized spacial score (nSPS) is 12.4. The van der Waals surface area contributed by atoms with E-state index in [1.165, 1.54) is 6.07 Å². The maximum Gasteiger partial charge on any atom is 0.142 e. The Kier molecular flexibility index (Phi) is 4.97.